The number of nitrogens with two attached hydrogens (primary N) is 2. The van der Waals surface area contributed by atoms with E-state index in [2.05, 4.69) is 21.0 Å². The van der Waals surface area contributed by atoms with Crippen molar-refractivity contribution in [3.8, 4) is 0 Å². The van der Waals surface area contributed by atoms with Crippen molar-refractivity contribution < 1.29 is 0 Å². The lowest BCUT2D eigenvalue weighted by Gasteiger charge is -2.02. The van der Waals surface area contributed by atoms with Crippen molar-refractivity contribution >= 4 is 32.9 Å². The van der Waals surface area contributed by atoms with Crippen LogP contribution in [0.4, 0.5) is 0 Å². The summed E-state index contributed by atoms with van der Waals surface area (Å²) in [6, 6.07) is 7.97. The fourth-order valence-electron chi connectivity index (χ4n) is 0.804. The Balaban J connectivity index is 2.60. The molecule has 0 amide bonds. The number of hydrogen-bond donors (Lipinski definition) is 2. The molecule has 0 saturated carbocycles. The first kappa shape index (κ1) is 10.4. The number of hydrazone groups is 1. The van der Waals surface area contributed by atoms with Crippen LogP contribution in [0.3, 0.4) is 0 Å². The molecule has 0 spiro atoms. The SMILES string of the molecule is NN=C(N)SCc1ccccc1Br. The molecule has 1 aromatic carbocycles. The Labute approximate surface area is 89.7 Å². The van der Waals surface area contributed by atoms with Crippen LogP contribution >= 0.6 is 27.7 Å². The molecule has 1 rings (SSSR count). The summed E-state index contributed by atoms with van der Waals surface area (Å²) in [6.07, 6.45) is 0. The first-order valence-electron chi connectivity index (χ1n) is 3.63. The van der Waals surface area contributed by atoms with Gasteiger partial charge in [-0.25, -0.2) is 0 Å². The van der Waals surface area contributed by atoms with Gasteiger partial charge in [-0.1, -0.05) is 45.9 Å². The van der Waals surface area contributed by atoms with Crippen molar-refractivity contribution in [3.05, 3.63) is 34.3 Å². The lowest BCUT2D eigenvalue weighted by molar-refractivity contribution is 1.25. The fourth-order valence-corrected chi connectivity index (χ4v) is 2.04. The number of benzene rings is 1. The van der Waals surface area contributed by atoms with Crippen LogP contribution in [0, 0.1) is 0 Å². The number of thioether (sulfide) groups is 1. The van der Waals surface area contributed by atoms with E-state index in [-0.39, 0.29) is 0 Å². The Morgan fingerprint density at radius 3 is 2.77 bits per heavy atom. The fraction of sp³-hybridized carbons (Fsp3) is 0.125. The quantitative estimate of drug-likeness (QED) is 0.369. The smallest absolute Gasteiger partial charge is 0.177 e. The molecular formula is C8H10BrN3S. The number of amidine groups is 1. The summed E-state index contributed by atoms with van der Waals surface area (Å²) in [6.45, 7) is 0. The Bertz CT molecular complexity index is 314. The highest BCUT2D eigenvalue weighted by atomic mass is 79.9. The maximum atomic E-state index is 5.44. The molecule has 0 saturated heterocycles. The van der Waals surface area contributed by atoms with Gasteiger partial charge in [0.1, 0.15) is 0 Å². The third-order valence-electron chi connectivity index (χ3n) is 1.46. The van der Waals surface area contributed by atoms with Gasteiger partial charge in [-0.15, -0.1) is 0 Å². The third kappa shape index (κ3) is 3.28. The van der Waals surface area contributed by atoms with E-state index in [1.807, 2.05) is 24.3 Å². The van der Waals surface area contributed by atoms with Gasteiger partial charge in [0.05, 0.1) is 0 Å². The van der Waals surface area contributed by atoms with Crippen LogP contribution in [0.1, 0.15) is 5.56 Å². The average molecular weight is 260 g/mol. The minimum Gasteiger partial charge on any atom is -0.377 e. The lowest BCUT2D eigenvalue weighted by Crippen LogP contribution is -2.09. The molecule has 4 N–H and O–H groups in total. The first-order valence-corrected chi connectivity index (χ1v) is 5.41. The Kier molecular flexibility index (Phi) is 4.11. The molecule has 1 aromatic rings. The molecule has 0 aliphatic rings. The third-order valence-corrected chi connectivity index (χ3v) is 3.09. The molecule has 3 nitrogen and oxygen atoms in total. The molecule has 0 fully saturated rings. The van der Waals surface area contributed by atoms with Gasteiger partial charge in [-0.3, -0.25) is 0 Å². The van der Waals surface area contributed by atoms with Crippen molar-refractivity contribution in [2.24, 2.45) is 16.7 Å². The zero-order valence-electron chi connectivity index (χ0n) is 6.90. The zero-order valence-corrected chi connectivity index (χ0v) is 9.31. The van der Waals surface area contributed by atoms with Crippen LogP contribution in [0.2, 0.25) is 0 Å². The van der Waals surface area contributed by atoms with Gasteiger partial charge in [0.15, 0.2) is 5.17 Å². The second-order valence-electron chi connectivity index (χ2n) is 2.35. The van der Waals surface area contributed by atoms with Crippen molar-refractivity contribution in [3.63, 3.8) is 0 Å². The van der Waals surface area contributed by atoms with Gasteiger partial charge >= 0.3 is 0 Å². The highest BCUT2D eigenvalue weighted by Gasteiger charge is 1.99. The molecule has 0 aromatic heterocycles. The minimum atomic E-state index is 0.399. The van der Waals surface area contributed by atoms with E-state index in [9.17, 15) is 0 Å². The molecular weight excluding hydrogens is 250 g/mol. The van der Waals surface area contributed by atoms with Crippen molar-refractivity contribution in [2.75, 3.05) is 0 Å². The molecule has 70 valence electrons. The maximum absolute atomic E-state index is 5.44. The highest BCUT2D eigenvalue weighted by molar-refractivity contribution is 9.10. The molecule has 0 aliphatic heterocycles. The molecule has 5 heteroatoms. The van der Waals surface area contributed by atoms with Crippen molar-refractivity contribution in [1.82, 2.24) is 0 Å². The van der Waals surface area contributed by atoms with E-state index in [1.165, 1.54) is 17.3 Å². The van der Waals surface area contributed by atoms with E-state index < -0.39 is 0 Å². The zero-order chi connectivity index (χ0) is 9.68. The molecule has 0 heterocycles. The summed E-state index contributed by atoms with van der Waals surface area (Å²) in [5.41, 5.74) is 6.62. The second-order valence-corrected chi connectivity index (χ2v) is 4.20. The number of halogens is 1. The van der Waals surface area contributed by atoms with Crippen LogP contribution < -0.4 is 11.6 Å². The number of hydrogen-bond acceptors (Lipinski definition) is 3. The van der Waals surface area contributed by atoms with Crippen LogP contribution in [0.5, 0.6) is 0 Å². The standard InChI is InChI=1S/C8H10BrN3S/c9-7-4-2-1-3-6(7)5-13-8(10)12-11/h1-4H,5,11H2,(H2,10,12). The lowest BCUT2D eigenvalue weighted by atomic mass is 10.2. The molecule has 0 atom stereocenters. The Morgan fingerprint density at radius 1 is 1.46 bits per heavy atom. The molecule has 0 unspecified atom stereocenters. The Morgan fingerprint density at radius 2 is 2.15 bits per heavy atom. The molecule has 0 aliphatic carbocycles. The van der Waals surface area contributed by atoms with Crippen LogP contribution in [0.25, 0.3) is 0 Å². The first-order chi connectivity index (χ1) is 6.24. The van der Waals surface area contributed by atoms with Gasteiger partial charge in [-0.05, 0) is 11.6 Å². The second kappa shape index (κ2) is 5.14. The minimum absolute atomic E-state index is 0.399. The summed E-state index contributed by atoms with van der Waals surface area (Å²) < 4.78 is 1.08. The van der Waals surface area contributed by atoms with E-state index in [1.54, 1.807) is 0 Å². The van der Waals surface area contributed by atoms with Gasteiger partial charge in [0, 0.05) is 10.2 Å². The summed E-state index contributed by atoms with van der Waals surface area (Å²) >= 11 is 4.86. The predicted octanol–water partition coefficient (Wildman–Crippen LogP) is 1.87. The van der Waals surface area contributed by atoms with Crippen molar-refractivity contribution in [2.45, 2.75) is 5.75 Å². The maximum Gasteiger partial charge on any atom is 0.177 e. The monoisotopic (exact) mass is 259 g/mol. The van der Waals surface area contributed by atoms with Gasteiger partial charge in [0.25, 0.3) is 0 Å². The van der Waals surface area contributed by atoms with Gasteiger partial charge in [0.2, 0.25) is 0 Å². The predicted molar refractivity (Wildman–Crippen MR) is 61.2 cm³/mol. The van der Waals surface area contributed by atoms with E-state index >= 15 is 0 Å². The Hall–Kier alpha value is -0.680. The average Bonchev–Trinajstić information content (AvgIpc) is 2.16. The van der Waals surface area contributed by atoms with E-state index in [0.29, 0.717) is 5.17 Å². The molecule has 0 radical (unpaired) electrons. The van der Waals surface area contributed by atoms with Crippen LogP contribution in [0.15, 0.2) is 33.8 Å². The summed E-state index contributed by atoms with van der Waals surface area (Å²) in [4.78, 5) is 0. The number of nitrogens with zero attached hydrogens (tertiary/aromatic N) is 1. The van der Waals surface area contributed by atoms with E-state index in [4.69, 9.17) is 11.6 Å². The van der Waals surface area contributed by atoms with Crippen molar-refractivity contribution in [1.29, 1.82) is 0 Å². The van der Waals surface area contributed by atoms with Gasteiger partial charge in [-0.2, -0.15) is 5.10 Å². The van der Waals surface area contributed by atoms with E-state index in [0.717, 1.165) is 10.2 Å². The van der Waals surface area contributed by atoms with Gasteiger partial charge < -0.3 is 11.6 Å². The number of rotatable bonds is 2. The molecule has 0 bridgehead atoms. The highest BCUT2D eigenvalue weighted by Crippen LogP contribution is 2.20. The molecule has 13 heavy (non-hydrogen) atoms. The summed E-state index contributed by atoms with van der Waals surface area (Å²) in [5, 5.41) is 3.77. The van der Waals surface area contributed by atoms with Crippen LogP contribution in [-0.2, 0) is 5.75 Å². The summed E-state index contributed by atoms with van der Waals surface area (Å²) in [7, 11) is 0. The summed E-state index contributed by atoms with van der Waals surface area (Å²) in [5.74, 6) is 5.78. The largest absolute Gasteiger partial charge is 0.377 e. The normalized spacial score (nSPS) is 11.6. The topological polar surface area (TPSA) is 64.4 Å². The van der Waals surface area contributed by atoms with Crippen LogP contribution in [-0.4, -0.2) is 5.17 Å².